The van der Waals surface area contributed by atoms with Crippen LogP contribution in [0.15, 0.2) is 24.3 Å². The Balaban J connectivity index is 2.72. The molecule has 1 unspecified atom stereocenters. The first-order valence-electron chi connectivity index (χ1n) is 4.43. The highest BCUT2D eigenvalue weighted by atomic mass is 16.3. The van der Waals surface area contributed by atoms with Crippen LogP contribution < -0.4 is 0 Å². The summed E-state index contributed by atoms with van der Waals surface area (Å²) >= 11 is 0. The summed E-state index contributed by atoms with van der Waals surface area (Å²) in [4.78, 5) is 0. The van der Waals surface area contributed by atoms with Crippen LogP contribution in [0.2, 0.25) is 0 Å². The molecular formula is C12H14O. The van der Waals surface area contributed by atoms with Gasteiger partial charge in [0, 0.05) is 5.92 Å². The maximum atomic E-state index is 9.48. The van der Waals surface area contributed by atoms with Crippen LogP contribution >= 0.6 is 0 Å². The molecule has 1 nitrogen and oxygen atoms in total. The summed E-state index contributed by atoms with van der Waals surface area (Å²) in [5.74, 6) is 6.61. The van der Waals surface area contributed by atoms with Crippen LogP contribution in [0.25, 0.3) is 0 Å². The predicted molar refractivity (Wildman–Crippen MR) is 54.4 cm³/mol. The van der Waals surface area contributed by atoms with Crippen LogP contribution in [-0.2, 0) is 6.42 Å². The van der Waals surface area contributed by atoms with E-state index in [9.17, 15) is 5.11 Å². The Kier molecular flexibility index (Phi) is 3.40. The number of benzene rings is 1. The minimum Gasteiger partial charge on any atom is -0.508 e. The Morgan fingerprint density at radius 2 is 2.08 bits per heavy atom. The zero-order chi connectivity index (χ0) is 9.68. The summed E-state index contributed by atoms with van der Waals surface area (Å²) in [6.07, 6.45) is 0.813. The van der Waals surface area contributed by atoms with Crippen molar-refractivity contribution in [2.45, 2.75) is 20.3 Å². The van der Waals surface area contributed by atoms with Gasteiger partial charge < -0.3 is 5.11 Å². The van der Waals surface area contributed by atoms with Gasteiger partial charge in [-0.3, -0.25) is 0 Å². The third-order valence-corrected chi connectivity index (χ3v) is 1.91. The maximum absolute atomic E-state index is 9.48. The number of para-hydroxylation sites is 1. The Morgan fingerprint density at radius 1 is 1.38 bits per heavy atom. The molecule has 1 heteroatoms. The number of phenolic OH excluding ortho intramolecular Hbond substituents is 1. The van der Waals surface area contributed by atoms with Crippen LogP contribution in [0.4, 0.5) is 0 Å². The highest BCUT2D eigenvalue weighted by Gasteiger charge is 2.03. The molecule has 1 aromatic carbocycles. The molecule has 0 bridgehead atoms. The highest BCUT2D eigenvalue weighted by molar-refractivity contribution is 5.32. The van der Waals surface area contributed by atoms with Gasteiger partial charge in [-0.2, -0.15) is 0 Å². The summed E-state index contributed by atoms with van der Waals surface area (Å²) in [5.41, 5.74) is 0.970. The van der Waals surface area contributed by atoms with Crippen LogP contribution in [0.1, 0.15) is 19.4 Å². The molecule has 1 N–H and O–H groups in total. The smallest absolute Gasteiger partial charge is 0.118 e. The van der Waals surface area contributed by atoms with E-state index in [1.165, 1.54) is 0 Å². The first kappa shape index (κ1) is 9.67. The van der Waals surface area contributed by atoms with Gasteiger partial charge in [0.15, 0.2) is 0 Å². The molecule has 68 valence electrons. The molecule has 1 rings (SSSR count). The average molecular weight is 174 g/mol. The average Bonchev–Trinajstić information content (AvgIpc) is 2.09. The number of hydrogen-bond acceptors (Lipinski definition) is 1. The van der Waals surface area contributed by atoms with Gasteiger partial charge in [-0.05, 0) is 25.0 Å². The zero-order valence-corrected chi connectivity index (χ0v) is 8.04. The number of aromatic hydroxyl groups is 1. The molecule has 0 fully saturated rings. The molecule has 13 heavy (non-hydrogen) atoms. The Hall–Kier alpha value is -1.42. The first-order valence-corrected chi connectivity index (χ1v) is 4.43. The highest BCUT2D eigenvalue weighted by Crippen LogP contribution is 2.18. The third-order valence-electron chi connectivity index (χ3n) is 1.91. The molecule has 0 saturated heterocycles. The van der Waals surface area contributed by atoms with Gasteiger partial charge >= 0.3 is 0 Å². The van der Waals surface area contributed by atoms with Gasteiger partial charge in [-0.1, -0.05) is 25.1 Å². The van der Waals surface area contributed by atoms with Crippen molar-refractivity contribution >= 4 is 0 Å². The third kappa shape index (κ3) is 2.83. The second-order valence-electron chi connectivity index (χ2n) is 3.13. The molecule has 0 heterocycles. The van der Waals surface area contributed by atoms with E-state index in [4.69, 9.17) is 0 Å². The molecule has 1 aromatic rings. The minimum absolute atomic E-state index is 0.304. The first-order chi connectivity index (χ1) is 6.24. The molecule has 0 spiro atoms. The van der Waals surface area contributed by atoms with E-state index < -0.39 is 0 Å². The summed E-state index contributed by atoms with van der Waals surface area (Å²) in [6, 6.07) is 7.40. The second-order valence-corrected chi connectivity index (χ2v) is 3.13. The van der Waals surface area contributed by atoms with Crippen LogP contribution in [0, 0.1) is 17.8 Å². The standard InChI is InChI=1S/C12H14O/c1-3-6-10(2)9-11-7-4-5-8-12(11)13/h4-5,7-8,10,13H,9H2,1-2H3. The fraction of sp³-hybridized carbons (Fsp3) is 0.333. The Labute approximate surface area is 79.4 Å². The molecule has 1 atom stereocenters. The van der Waals surface area contributed by atoms with E-state index in [2.05, 4.69) is 18.8 Å². The molecule has 0 aliphatic rings. The van der Waals surface area contributed by atoms with Crippen molar-refractivity contribution in [1.29, 1.82) is 0 Å². The molecular weight excluding hydrogens is 160 g/mol. The van der Waals surface area contributed by atoms with Crippen molar-refractivity contribution in [1.82, 2.24) is 0 Å². The van der Waals surface area contributed by atoms with E-state index in [0.717, 1.165) is 12.0 Å². The lowest BCUT2D eigenvalue weighted by atomic mass is 10.0. The SMILES string of the molecule is CC#CC(C)Cc1ccccc1O. The number of hydrogen-bond donors (Lipinski definition) is 1. The monoisotopic (exact) mass is 174 g/mol. The van der Waals surface area contributed by atoms with Crippen molar-refractivity contribution in [2.24, 2.45) is 5.92 Å². The van der Waals surface area contributed by atoms with E-state index in [-0.39, 0.29) is 0 Å². The van der Waals surface area contributed by atoms with Gasteiger partial charge in [0.2, 0.25) is 0 Å². The van der Waals surface area contributed by atoms with E-state index in [0.29, 0.717) is 11.7 Å². The summed E-state index contributed by atoms with van der Waals surface area (Å²) in [6.45, 7) is 3.89. The van der Waals surface area contributed by atoms with Gasteiger partial charge in [-0.15, -0.1) is 11.8 Å². The number of rotatable bonds is 2. The fourth-order valence-corrected chi connectivity index (χ4v) is 1.31. The molecule has 0 amide bonds. The maximum Gasteiger partial charge on any atom is 0.118 e. The second kappa shape index (κ2) is 4.57. The molecule has 0 radical (unpaired) electrons. The largest absolute Gasteiger partial charge is 0.508 e. The fourth-order valence-electron chi connectivity index (χ4n) is 1.31. The van der Waals surface area contributed by atoms with Gasteiger partial charge in [0.25, 0.3) is 0 Å². The summed E-state index contributed by atoms with van der Waals surface area (Å²) in [7, 11) is 0. The van der Waals surface area contributed by atoms with Crippen molar-refractivity contribution in [2.75, 3.05) is 0 Å². The Bertz CT molecular complexity index is 330. The lowest BCUT2D eigenvalue weighted by molar-refractivity contribution is 0.465. The van der Waals surface area contributed by atoms with Gasteiger partial charge in [0.05, 0.1) is 0 Å². The quantitative estimate of drug-likeness (QED) is 0.683. The molecule has 0 aliphatic carbocycles. The van der Waals surface area contributed by atoms with Gasteiger partial charge in [-0.25, -0.2) is 0 Å². The van der Waals surface area contributed by atoms with Gasteiger partial charge in [0.1, 0.15) is 5.75 Å². The van der Waals surface area contributed by atoms with Crippen molar-refractivity contribution in [3.8, 4) is 17.6 Å². The van der Waals surface area contributed by atoms with Crippen molar-refractivity contribution in [3.05, 3.63) is 29.8 Å². The number of phenols is 1. The van der Waals surface area contributed by atoms with Crippen LogP contribution in [0.3, 0.4) is 0 Å². The van der Waals surface area contributed by atoms with E-state index in [1.54, 1.807) is 6.07 Å². The van der Waals surface area contributed by atoms with E-state index >= 15 is 0 Å². The van der Waals surface area contributed by atoms with E-state index in [1.807, 2.05) is 25.1 Å². The molecule has 0 aliphatic heterocycles. The topological polar surface area (TPSA) is 20.2 Å². The zero-order valence-electron chi connectivity index (χ0n) is 8.04. The Morgan fingerprint density at radius 3 is 2.69 bits per heavy atom. The minimum atomic E-state index is 0.304. The lowest BCUT2D eigenvalue weighted by Crippen LogP contribution is -1.96. The van der Waals surface area contributed by atoms with Crippen molar-refractivity contribution < 1.29 is 5.11 Å². The predicted octanol–water partition coefficient (Wildman–Crippen LogP) is 2.59. The van der Waals surface area contributed by atoms with Crippen molar-refractivity contribution in [3.63, 3.8) is 0 Å². The van der Waals surface area contributed by atoms with Crippen LogP contribution in [-0.4, -0.2) is 5.11 Å². The lowest BCUT2D eigenvalue weighted by Gasteiger charge is -2.05. The summed E-state index contributed by atoms with van der Waals surface area (Å²) < 4.78 is 0. The molecule has 0 saturated carbocycles. The molecule has 0 aromatic heterocycles. The van der Waals surface area contributed by atoms with Crippen LogP contribution in [0.5, 0.6) is 5.75 Å². The summed E-state index contributed by atoms with van der Waals surface area (Å²) in [5, 5.41) is 9.48. The normalized spacial score (nSPS) is 11.5.